The quantitative estimate of drug-likeness (QED) is 0.166. The van der Waals surface area contributed by atoms with E-state index in [-0.39, 0.29) is 4.32 Å². The lowest BCUT2D eigenvalue weighted by molar-refractivity contribution is -0.145. The number of thioether (sulfide) groups is 1. The van der Waals surface area contributed by atoms with Crippen LogP contribution < -0.4 is 9.47 Å². The summed E-state index contributed by atoms with van der Waals surface area (Å²) in [5, 5.41) is 9.99. The van der Waals surface area contributed by atoms with Gasteiger partial charge in [-0.2, -0.15) is 0 Å². The van der Waals surface area contributed by atoms with Crippen molar-refractivity contribution >= 4 is 46.3 Å². The van der Waals surface area contributed by atoms with Gasteiger partial charge in [-0.25, -0.2) is 4.79 Å². The Balaban J connectivity index is 1.45. The minimum Gasteiger partial charge on any atom is -0.489 e. The molecule has 1 amide bonds. The van der Waals surface area contributed by atoms with Crippen LogP contribution in [-0.2, 0) is 22.8 Å². The number of hydrogen-bond acceptors (Lipinski definition) is 6. The lowest BCUT2D eigenvalue weighted by Gasteiger charge is -2.23. The number of carbonyl (C=O) groups excluding carboxylic acids is 1. The topological polar surface area (TPSA) is 76.1 Å². The number of carboxylic acids is 1. The molecule has 6 nitrogen and oxygen atoms in total. The number of benzene rings is 4. The Kier molecular flexibility index (Phi) is 8.59. The molecule has 1 heterocycles. The highest BCUT2D eigenvalue weighted by atomic mass is 32.2. The Labute approximate surface area is 241 Å². The van der Waals surface area contributed by atoms with Gasteiger partial charge in [-0.05, 0) is 41.0 Å². The van der Waals surface area contributed by atoms with Crippen LogP contribution in [0, 0.1) is 0 Å². The van der Waals surface area contributed by atoms with Crippen LogP contribution in [0.3, 0.4) is 0 Å². The van der Waals surface area contributed by atoms with Gasteiger partial charge in [-0.3, -0.25) is 9.69 Å². The van der Waals surface area contributed by atoms with Gasteiger partial charge in [0.15, 0.2) is 6.04 Å². The number of thiocarbonyl (C=S) groups is 1. The van der Waals surface area contributed by atoms with Gasteiger partial charge in [-0.1, -0.05) is 115 Å². The third kappa shape index (κ3) is 6.42. The fourth-order valence-electron chi connectivity index (χ4n) is 4.22. The van der Waals surface area contributed by atoms with Gasteiger partial charge in [0.25, 0.3) is 5.91 Å². The first kappa shape index (κ1) is 27.2. The maximum atomic E-state index is 13.5. The molecule has 200 valence electrons. The fraction of sp³-hybridized carbons (Fsp3) is 0.0938. The second kappa shape index (κ2) is 12.6. The van der Waals surface area contributed by atoms with Crippen LogP contribution in [0.2, 0.25) is 0 Å². The molecule has 0 aromatic heterocycles. The van der Waals surface area contributed by atoms with Gasteiger partial charge < -0.3 is 14.6 Å². The number of amides is 1. The number of carbonyl (C=O) groups is 2. The van der Waals surface area contributed by atoms with Crippen LogP contribution in [-0.4, -0.2) is 26.2 Å². The minimum absolute atomic E-state index is 0.177. The minimum atomic E-state index is -1.23. The molecular weight excluding hydrogens is 542 g/mol. The zero-order valence-corrected chi connectivity index (χ0v) is 22.9. The highest BCUT2D eigenvalue weighted by Crippen LogP contribution is 2.40. The van der Waals surface area contributed by atoms with Gasteiger partial charge in [0.2, 0.25) is 0 Å². The smallest absolute Gasteiger partial charge is 0.331 e. The average molecular weight is 568 g/mol. The molecular formula is C32H25NO5S2. The molecule has 0 radical (unpaired) electrons. The summed E-state index contributed by atoms with van der Waals surface area (Å²) in [7, 11) is 0. The molecule has 4 aromatic carbocycles. The molecule has 8 heteroatoms. The molecule has 0 bridgehead atoms. The summed E-state index contributed by atoms with van der Waals surface area (Å²) < 4.78 is 12.3. The van der Waals surface area contributed by atoms with Crippen molar-refractivity contribution in [2.75, 3.05) is 0 Å². The number of hydrogen-bond donors (Lipinski definition) is 1. The number of nitrogens with zero attached hydrogens (tertiary/aromatic N) is 1. The van der Waals surface area contributed by atoms with E-state index in [0.717, 1.165) is 27.8 Å². The molecule has 0 aliphatic carbocycles. The van der Waals surface area contributed by atoms with Crippen LogP contribution in [0.4, 0.5) is 0 Å². The van der Waals surface area contributed by atoms with E-state index in [2.05, 4.69) is 0 Å². The number of carboxylic acid groups (broad SMARTS) is 1. The van der Waals surface area contributed by atoms with Crippen molar-refractivity contribution in [3.63, 3.8) is 0 Å². The van der Waals surface area contributed by atoms with E-state index in [1.165, 1.54) is 0 Å². The number of ether oxygens (including phenoxy) is 2. The van der Waals surface area contributed by atoms with E-state index in [4.69, 9.17) is 21.7 Å². The van der Waals surface area contributed by atoms with Crippen molar-refractivity contribution < 1.29 is 24.2 Å². The predicted molar refractivity (Wildman–Crippen MR) is 160 cm³/mol. The van der Waals surface area contributed by atoms with Gasteiger partial charge in [0, 0.05) is 5.56 Å². The molecule has 40 heavy (non-hydrogen) atoms. The standard InChI is InChI=1S/C32H25NO5S2/c34-30-28(40-32(39)33(30)29(31(35)36)24-14-8-3-9-15-24)19-25-18-26(37-20-22-10-4-1-5-11-22)16-17-27(25)38-21-23-12-6-2-7-13-23/h1-19,29H,20-21H2,(H,35,36)/b28-19-. The maximum Gasteiger partial charge on any atom is 0.331 e. The van der Waals surface area contributed by atoms with E-state index in [1.54, 1.807) is 42.5 Å². The molecule has 0 saturated carbocycles. The molecule has 1 unspecified atom stereocenters. The molecule has 1 aliphatic heterocycles. The van der Waals surface area contributed by atoms with Crippen LogP contribution in [0.25, 0.3) is 6.08 Å². The first-order chi connectivity index (χ1) is 19.5. The first-order valence-electron chi connectivity index (χ1n) is 12.5. The highest BCUT2D eigenvalue weighted by Gasteiger charge is 2.41. The van der Waals surface area contributed by atoms with Crippen molar-refractivity contribution in [3.8, 4) is 11.5 Å². The van der Waals surface area contributed by atoms with E-state index in [0.29, 0.717) is 40.7 Å². The maximum absolute atomic E-state index is 13.5. The molecule has 1 aliphatic rings. The monoisotopic (exact) mass is 567 g/mol. The second-order valence-corrected chi connectivity index (χ2v) is 10.6. The zero-order chi connectivity index (χ0) is 27.9. The van der Waals surface area contributed by atoms with Crippen molar-refractivity contribution in [2.45, 2.75) is 19.3 Å². The van der Waals surface area contributed by atoms with E-state index in [9.17, 15) is 14.7 Å². The third-order valence-electron chi connectivity index (χ3n) is 6.18. The van der Waals surface area contributed by atoms with E-state index < -0.39 is 17.9 Å². The van der Waals surface area contributed by atoms with Crippen molar-refractivity contribution in [3.05, 3.63) is 136 Å². The van der Waals surface area contributed by atoms with Crippen molar-refractivity contribution in [2.24, 2.45) is 0 Å². The number of rotatable bonds is 10. The first-order valence-corrected chi connectivity index (χ1v) is 13.7. The summed E-state index contributed by atoms with van der Waals surface area (Å²) in [4.78, 5) is 27.2. The Morgan fingerprint density at radius 1 is 0.850 bits per heavy atom. The fourth-order valence-corrected chi connectivity index (χ4v) is 5.52. The van der Waals surface area contributed by atoms with Crippen LogP contribution in [0.15, 0.2) is 114 Å². The van der Waals surface area contributed by atoms with Gasteiger partial charge >= 0.3 is 5.97 Å². The van der Waals surface area contributed by atoms with Crippen LogP contribution >= 0.6 is 24.0 Å². The van der Waals surface area contributed by atoms with E-state index >= 15 is 0 Å². The lowest BCUT2D eigenvalue weighted by atomic mass is 10.1. The van der Waals surface area contributed by atoms with E-state index in [1.807, 2.05) is 72.8 Å². The predicted octanol–water partition coefficient (Wildman–Crippen LogP) is 6.87. The molecule has 1 fully saturated rings. The summed E-state index contributed by atoms with van der Waals surface area (Å²) in [6.45, 7) is 0.714. The molecule has 0 spiro atoms. The molecule has 1 atom stereocenters. The van der Waals surface area contributed by atoms with Crippen LogP contribution in [0.5, 0.6) is 11.5 Å². The summed E-state index contributed by atoms with van der Waals surface area (Å²) >= 11 is 6.55. The van der Waals surface area contributed by atoms with Gasteiger partial charge in [0.1, 0.15) is 29.0 Å². The Bertz CT molecular complexity index is 1540. The summed E-state index contributed by atoms with van der Waals surface area (Å²) in [5.41, 5.74) is 3.11. The molecule has 4 aromatic rings. The summed E-state index contributed by atoms with van der Waals surface area (Å²) in [6.07, 6.45) is 1.68. The molecule has 1 saturated heterocycles. The SMILES string of the molecule is O=C(O)C(c1ccccc1)N1C(=O)/C(=C/c2cc(OCc3ccccc3)ccc2OCc2ccccc2)SC1=S. The third-order valence-corrected chi connectivity index (χ3v) is 7.51. The summed E-state index contributed by atoms with van der Waals surface area (Å²) in [5.74, 6) is -0.479. The normalized spacial score (nSPS) is 14.8. The molecule has 1 N–H and O–H groups in total. The van der Waals surface area contributed by atoms with Crippen molar-refractivity contribution in [1.29, 1.82) is 0 Å². The largest absolute Gasteiger partial charge is 0.489 e. The zero-order valence-electron chi connectivity index (χ0n) is 21.3. The Morgan fingerprint density at radius 2 is 1.43 bits per heavy atom. The average Bonchev–Trinajstić information content (AvgIpc) is 3.25. The van der Waals surface area contributed by atoms with Gasteiger partial charge in [0.05, 0.1) is 4.91 Å². The Morgan fingerprint density at radius 3 is 2.02 bits per heavy atom. The highest BCUT2D eigenvalue weighted by molar-refractivity contribution is 8.26. The lowest BCUT2D eigenvalue weighted by Crippen LogP contribution is -2.37. The Hall–Kier alpha value is -4.40. The molecule has 5 rings (SSSR count). The van der Waals surface area contributed by atoms with Crippen molar-refractivity contribution in [1.82, 2.24) is 4.90 Å². The summed E-state index contributed by atoms with van der Waals surface area (Å²) in [6, 6.07) is 32.4. The number of aliphatic carboxylic acids is 1. The second-order valence-electron chi connectivity index (χ2n) is 8.95. The van der Waals surface area contributed by atoms with Crippen LogP contribution in [0.1, 0.15) is 28.3 Å². The van der Waals surface area contributed by atoms with Gasteiger partial charge in [-0.15, -0.1) is 0 Å².